The number of nitro groups is 1. The van der Waals surface area contributed by atoms with Gasteiger partial charge >= 0.3 is 11.1 Å². The van der Waals surface area contributed by atoms with Crippen LogP contribution in [-0.2, 0) is 11.3 Å². The standard InChI is InChI=1S/C7H10ClN3O3/c1-2-14-4-3-10-5-6(11(12)13)9-7(10)8/h5H,2-4H2,1H3. The van der Waals surface area contributed by atoms with Crippen LogP contribution in [0.4, 0.5) is 5.82 Å². The van der Waals surface area contributed by atoms with Crippen LogP contribution < -0.4 is 0 Å². The molecule has 0 unspecified atom stereocenters. The first kappa shape index (κ1) is 10.9. The van der Waals surface area contributed by atoms with E-state index in [1.807, 2.05) is 6.92 Å². The molecule has 1 rings (SSSR count). The van der Waals surface area contributed by atoms with Crippen LogP contribution in [0.3, 0.4) is 0 Å². The van der Waals surface area contributed by atoms with Gasteiger partial charge in [0, 0.05) is 6.61 Å². The molecule has 0 saturated heterocycles. The first-order chi connectivity index (χ1) is 6.65. The number of ether oxygens (including phenoxy) is 1. The van der Waals surface area contributed by atoms with Crippen molar-refractivity contribution in [2.45, 2.75) is 13.5 Å². The summed E-state index contributed by atoms with van der Waals surface area (Å²) in [5, 5.41) is 10.4. The minimum Gasteiger partial charge on any atom is -0.380 e. The first-order valence-electron chi connectivity index (χ1n) is 4.10. The van der Waals surface area contributed by atoms with E-state index in [4.69, 9.17) is 16.3 Å². The maximum Gasteiger partial charge on any atom is 0.383 e. The molecule has 1 heterocycles. The fourth-order valence-corrected chi connectivity index (χ4v) is 1.15. The summed E-state index contributed by atoms with van der Waals surface area (Å²) in [5.41, 5.74) is 0. The van der Waals surface area contributed by atoms with Gasteiger partial charge in [0.15, 0.2) is 0 Å². The van der Waals surface area contributed by atoms with Crippen LogP contribution >= 0.6 is 11.6 Å². The Morgan fingerprint density at radius 3 is 3.00 bits per heavy atom. The van der Waals surface area contributed by atoms with Crippen LogP contribution in [0.15, 0.2) is 6.20 Å². The van der Waals surface area contributed by atoms with Crippen molar-refractivity contribution in [3.05, 3.63) is 21.6 Å². The monoisotopic (exact) mass is 219 g/mol. The Bertz CT molecular complexity index is 326. The van der Waals surface area contributed by atoms with Gasteiger partial charge in [-0.2, -0.15) is 0 Å². The molecule has 1 aromatic heterocycles. The molecular weight excluding hydrogens is 210 g/mol. The quantitative estimate of drug-likeness (QED) is 0.427. The summed E-state index contributed by atoms with van der Waals surface area (Å²) in [6, 6.07) is 0. The highest BCUT2D eigenvalue weighted by Gasteiger charge is 2.15. The molecule has 0 fully saturated rings. The van der Waals surface area contributed by atoms with Crippen molar-refractivity contribution in [3.63, 3.8) is 0 Å². The van der Waals surface area contributed by atoms with E-state index in [1.54, 1.807) is 0 Å². The molecule has 0 aliphatic rings. The Morgan fingerprint density at radius 1 is 1.79 bits per heavy atom. The number of rotatable bonds is 5. The van der Waals surface area contributed by atoms with Crippen molar-refractivity contribution in [1.82, 2.24) is 9.55 Å². The third kappa shape index (κ3) is 2.68. The van der Waals surface area contributed by atoms with Crippen molar-refractivity contribution in [2.75, 3.05) is 13.2 Å². The Morgan fingerprint density at radius 2 is 2.50 bits per heavy atom. The molecule has 7 heteroatoms. The lowest BCUT2D eigenvalue weighted by Gasteiger charge is -2.00. The van der Waals surface area contributed by atoms with Gasteiger partial charge in [-0.1, -0.05) is 0 Å². The van der Waals surface area contributed by atoms with E-state index < -0.39 is 4.92 Å². The zero-order valence-electron chi connectivity index (χ0n) is 7.64. The van der Waals surface area contributed by atoms with E-state index in [0.717, 1.165) is 0 Å². The molecule has 0 bridgehead atoms. The van der Waals surface area contributed by atoms with Crippen molar-refractivity contribution >= 4 is 17.4 Å². The van der Waals surface area contributed by atoms with E-state index >= 15 is 0 Å². The normalized spacial score (nSPS) is 10.4. The van der Waals surface area contributed by atoms with Crippen molar-refractivity contribution < 1.29 is 9.66 Å². The third-order valence-corrected chi connectivity index (χ3v) is 1.88. The molecular formula is C7H10ClN3O3. The van der Waals surface area contributed by atoms with Gasteiger partial charge in [0.2, 0.25) is 0 Å². The summed E-state index contributed by atoms with van der Waals surface area (Å²) in [6.07, 6.45) is 1.29. The predicted octanol–water partition coefficient (Wildman–Crippen LogP) is 1.48. The number of hydrogen-bond donors (Lipinski definition) is 0. The lowest BCUT2D eigenvalue weighted by atomic mass is 10.6. The molecule has 14 heavy (non-hydrogen) atoms. The molecule has 78 valence electrons. The summed E-state index contributed by atoms with van der Waals surface area (Å²) in [4.78, 5) is 13.3. The molecule has 0 saturated carbocycles. The van der Waals surface area contributed by atoms with Gasteiger partial charge in [-0.15, -0.1) is 0 Å². The molecule has 0 atom stereocenters. The first-order valence-corrected chi connectivity index (χ1v) is 4.47. The lowest BCUT2D eigenvalue weighted by Crippen LogP contribution is -2.04. The lowest BCUT2D eigenvalue weighted by molar-refractivity contribution is -0.389. The zero-order chi connectivity index (χ0) is 10.6. The average Bonchev–Trinajstić information content (AvgIpc) is 2.49. The second-order valence-electron chi connectivity index (χ2n) is 2.52. The van der Waals surface area contributed by atoms with Gasteiger partial charge in [-0.05, 0) is 28.4 Å². The van der Waals surface area contributed by atoms with Crippen molar-refractivity contribution in [3.8, 4) is 0 Å². The summed E-state index contributed by atoms with van der Waals surface area (Å²) >= 11 is 5.66. The van der Waals surface area contributed by atoms with Gasteiger partial charge in [0.25, 0.3) is 0 Å². The summed E-state index contributed by atoms with van der Waals surface area (Å²) in [7, 11) is 0. The Balaban J connectivity index is 2.63. The Kier molecular flexibility index (Phi) is 3.84. The van der Waals surface area contributed by atoms with Crippen LogP contribution in [0.2, 0.25) is 5.28 Å². The second-order valence-corrected chi connectivity index (χ2v) is 2.85. The van der Waals surface area contributed by atoms with Crippen molar-refractivity contribution in [1.29, 1.82) is 0 Å². The highest BCUT2D eigenvalue weighted by molar-refractivity contribution is 6.28. The average molecular weight is 220 g/mol. The maximum atomic E-state index is 10.3. The van der Waals surface area contributed by atoms with Crippen LogP contribution in [0.5, 0.6) is 0 Å². The van der Waals surface area contributed by atoms with Gasteiger partial charge in [-0.3, -0.25) is 4.57 Å². The SMILES string of the molecule is CCOCCn1cc([N+](=O)[O-])nc1Cl. The number of aromatic nitrogens is 2. The molecule has 0 aromatic carbocycles. The topological polar surface area (TPSA) is 70.2 Å². The smallest absolute Gasteiger partial charge is 0.380 e. The van der Waals surface area contributed by atoms with Gasteiger partial charge < -0.3 is 14.9 Å². The van der Waals surface area contributed by atoms with Gasteiger partial charge in [-0.25, -0.2) is 0 Å². The minimum atomic E-state index is -0.580. The fourth-order valence-electron chi connectivity index (χ4n) is 0.932. The van der Waals surface area contributed by atoms with Crippen LogP contribution in [0, 0.1) is 10.1 Å². The molecule has 6 nitrogen and oxygen atoms in total. The van der Waals surface area contributed by atoms with E-state index in [9.17, 15) is 10.1 Å². The number of halogens is 1. The molecule has 0 aliphatic heterocycles. The van der Waals surface area contributed by atoms with Crippen molar-refractivity contribution in [2.24, 2.45) is 0 Å². The van der Waals surface area contributed by atoms with Crippen LogP contribution in [0.1, 0.15) is 6.92 Å². The van der Waals surface area contributed by atoms with Crippen LogP contribution in [-0.4, -0.2) is 27.7 Å². The van der Waals surface area contributed by atoms with E-state index in [-0.39, 0.29) is 11.1 Å². The fraction of sp³-hybridized carbons (Fsp3) is 0.571. The molecule has 0 amide bonds. The predicted molar refractivity (Wildman–Crippen MR) is 50.4 cm³/mol. The van der Waals surface area contributed by atoms with Crippen LogP contribution in [0.25, 0.3) is 0 Å². The molecule has 0 spiro atoms. The third-order valence-electron chi connectivity index (χ3n) is 1.58. The zero-order valence-corrected chi connectivity index (χ0v) is 8.40. The molecule has 0 aliphatic carbocycles. The number of imidazole rings is 1. The van der Waals surface area contributed by atoms with E-state index in [2.05, 4.69) is 4.98 Å². The second kappa shape index (κ2) is 4.92. The largest absolute Gasteiger partial charge is 0.383 e. The summed E-state index contributed by atoms with van der Waals surface area (Å²) < 4.78 is 6.57. The Labute approximate surface area is 85.6 Å². The maximum absolute atomic E-state index is 10.3. The van der Waals surface area contributed by atoms with Gasteiger partial charge in [0.1, 0.15) is 6.20 Å². The number of nitrogens with zero attached hydrogens (tertiary/aromatic N) is 3. The highest BCUT2D eigenvalue weighted by Crippen LogP contribution is 2.14. The summed E-state index contributed by atoms with van der Waals surface area (Å²) in [5.74, 6) is -0.244. The minimum absolute atomic E-state index is 0.108. The summed E-state index contributed by atoms with van der Waals surface area (Å²) in [6.45, 7) is 3.41. The van der Waals surface area contributed by atoms with E-state index in [1.165, 1.54) is 10.8 Å². The molecule has 1 aromatic rings. The molecule has 0 N–H and O–H groups in total. The number of hydrogen-bond acceptors (Lipinski definition) is 4. The van der Waals surface area contributed by atoms with E-state index in [0.29, 0.717) is 19.8 Å². The van der Waals surface area contributed by atoms with Gasteiger partial charge in [0.05, 0.1) is 13.2 Å². The molecule has 0 radical (unpaired) electrons. The Hall–Kier alpha value is -1.14. The highest BCUT2D eigenvalue weighted by atomic mass is 35.5.